The standard InChI is InChI=1S/C23H18N4O/c1-2-28-18-9-7-16(8-10-18)17-12-14-27-22(15-17)25-26-23(27)20-11-13-24-21-6-4-3-5-19(20)21/h3-15H,2H2,1H3. The van der Waals surface area contributed by atoms with Gasteiger partial charge in [-0.1, -0.05) is 30.3 Å². The molecule has 5 heteroatoms. The minimum atomic E-state index is 0.664. The van der Waals surface area contributed by atoms with Gasteiger partial charge in [0.05, 0.1) is 12.1 Å². The summed E-state index contributed by atoms with van der Waals surface area (Å²) in [7, 11) is 0. The number of benzene rings is 2. The van der Waals surface area contributed by atoms with Crippen LogP contribution in [0.25, 0.3) is 39.1 Å². The van der Waals surface area contributed by atoms with E-state index in [2.05, 4.69) is 45.5 Å². The normalized spacial score (nSPS) is 11.2. The zero-order valence-electron chi connectivity index (χ0n) is 15.4. The predicted molar refractivity (Wildman–Crippen MR) is 110 cm³/mol. The number of fused-ring (bicyclic) bond motifs is 2. The Kier molecular flexibility index (Phi) is 3.98. The first kappa shape index (κ1) is 16.4. The highest BCUT2D eigenvalue weighted by atomic mass is 16.5. The van der Waals surface area contributed by atoms with Gasteiger partial charge in [-0.15, -0.1) is 10.2 Å². The van der Waals surface area contributed by atoms with Crippen LogP contribution in [0.1, 0.15) is 6.92 Å². The highest BCUT2D eigenvalue weighted by molar-refractivity contribution is 5.92. The van der Waals surface area contributed by atoms with Crippen molar-refractivity contribution in [1.29, 1.82) is 0 Å². The second-order valence-electron chi connectivity index (χ2n) is 6.50. The summed E-state index contributed by atoms with van der Waals surface area (Å²) in [6.07, 6.45) is 3.83. The first-order chi connectivity index (χ1) is 13.8. The van der Waals surface area contributed by atoms with Crippen LogP contribution in [-0.2, 0) is 0 Å². The van der Waals surface area contributed by atoms with Crippen molar-refractivity contribution in [3.8, 4) is 28.3 Å². The first-order valence-electron chi connectivity index (χ1n) is 9.25. The average molecular weight is 366 g/mol. The highest BCUT2D eigenvalue weighted by Gasteiger charge is 2.12. The van der Waals surface area contributed by atoms with E-state index < -0.39 is 0 Å². The largest absolute Gasteiger partial charge is 0.494 e. The summed E-state index contributed by atoms with van der Waals surface area (Å²) < 4.78 is 7.54. The molecule has 0 bridgehead atoms. The Morgan fingerprint density at radius 2 is 1.75 bits per heavy atom. The maximum absolute atomic E-state index is 5.52. The van der Waals surface area contributed by atoms with E-state index in [1.54, 1.807) is 0 Å². The SMILES string of the molecule is CCOc1ccc(-c2ccn3c(-c4ccnc5ccccc45)nnc3c2)cc1. The minimum Gasteiger partial charge on any atom is -0.494 e. The second-order valence-corrected chi connectivity index (χ2v) is 6.50. The molecular weight excluding hydrogens is 348 g/mol. The fourth-order valence-electron chi connectivity index (χ4n) is 3.46. The molecule has 5 rings (SSSR count). The molecule has 2 aromatic carbocycles. The maximum Gasteiger partial charge on any atom is 0.169 e. The number of pyridine rings is 2. The lowest BCUT2D eigenvalue weighted by Gasteiger charge is -2.07. The van der Waals surface area contributed by atoms with E-state index in [1.165, 1.54) is 0 Å². The van der Waals surface area contributed by atoms with Crippen LogP contribution in [0.15, 0.2) is 79.1 Å². The number of hydrogen-bond acceptors (Lipinski definition) is 4. The smallest absolute Gasteiger partial charge is 0.169 e. The molecule has 3 heterocycles. The molecule has 0 saturated carbocycles. The van der Waals surface area contributed by atoms with Gasteiger partial charge in [0, 0.05) is 23.3 Å². The zero-order chi connectivity index (χ0) is 18.9. The fourth-order valence-corrected chi connectivity index (χ4v) is 3.46. The lowest BCUT2D eigenvalue weighted by molar-refractivity contribution is 0.340. The molecule has 0 amide bonds. The lowest BCUT2D eigenvalue weighted by atomic mass is 10.1. The van der Waals surface area contributed by atoms with Gasteiger partial charge in [0.25, 0.3) is 0 Å². The topological polar surface area (TPSA) is 52.3 Å². The molecule has 5 nitrogen and oxygen atoms in total. The van der Waals surface area contributed by atoms with Crippen LogP contribution < -0.4 is 4.74 Å². The van der Waals surface area contributed by atoms with Gasteiger partial charge in [0.2, 0.25) is 0 Å². The molecule has 0 fully saturated rings. The van der Waals surface area contributed by atoms with Crippen LogP contribution in [0.2, 0.25) is 0 Å². The molecule has 0 atom stereocenters. The Hall–Kier alpha value is -3.73. The van der Waals surface area contributed by atoms with Gasteiger partial charge in [-0.3, -0.25) is 9.38 Å². The van der Waals surface area contributed by atoms with E-state index in [9.17, 15) is 0 Å². The van der Waals surface area contributed by atoms with Crippen molar-refractivity contribution < 1.29 is 4.74 Å². The molecule has 0 N–H and O–H groups in total. The molecule has 0 radical (unpaired) electrons. The Morgan fingerprint density at radius 3 is 2.61 bits per heavy atom. The summed E-state index contributed by atoms with van der Waals surface area (Å²) in [6, 6.07) is 22.3. The molecule has 136 valence electrons. The monoisotopic (exact) mass is 366 g/mol. The van der Waals surface area contributed by atoms with E-state index in [0.29, 0.717) is 6.61 Å². The van der Waals surface area contributed by atoms with Gasteiger partial charge in [0.1, 0.15) is 5.75 Å². The summed E-state index contributed by atoms with van der Waals surface area (Å²) in [5, 5.41) is 9.92. The van der Waals surface area contributed by atoms with Crippen molar-refractivity contribution in [1.82, 2.24) is 19.6 Å². The molecule has 0 aliphatic heterocycles. The Morgan fingerprint density at radius 1 is 0.893 bits per heavy atom. The summed E-state index contributed by atoms with van der Waals surface area (Å²) in [5.41, 5.74) is 4.98. The number of ether oxygens (including phenoxy) is 1. The quantitative estimate of drug-likeness (QED) is 0.449. The molecule has 28 heavy (non-hydrogen) atoms. The van der Waals surface area contributed by atoms with Crippen LogP contribution in [-0.4, -0.2) is 26.2 Å². The molecule has 0 spiro atoms. The summed E-state index contributed by atoms with van der Waals surface area (Å²) in [4.78, 5) is 4.44. The van der Waals surface area contributed by atoms with E-state index in [4.69, 9.17) is 4.74 Å². The summed E-state index contributed by atoms with van der Waals surface area (Å²) in [6.45, 7) is 2.65. The third-order valence-electron chi connectivity index (χ3n) is 4.80. The maximum atomic E-state index is 5.52. The third kappa shape index (κ3) is 2.77. The number of nitrogens with zero attached hydrogens (tertiary/aromatic N) is 4. The number of para-hydroxylation sites is 1. The molecule has 3 aromatic heterocycles. The van der Waals surface area contributed by atoms with Crippen molar-refractivity contribution in [3.63, 3.8) is 0 Å². The van der Waals surface area contributed by atoms with Crippen molar-refractivity contribution in [2.45, 2.75) is 6.92 Å². The molecule has 0 aliphatic carbocycles. The highest BCUT2D eigenvalue weighted by Crippen LogP contribution is 2.28. The fraction of sp³-hybridized carbons (Fsp3) is 0.0870. The zero-order valence-corrected chi connectivity index (χ0v) is 15.4. The van der Waals surface area contributed by atoms with Crippen molar-refractivity contribution in [2.75, 3.05) is 6.61 Å². The average Bonchev–Trinajstić information content (AvgIpc) is 3.17. The predicted octanol–water partition coefficient (Wildman–Crippen LogP) is 5.01. The second kappa shape index (κ2) is 6.78. The Labute approximate surface area is 162 Å². The first-order valence-corrected chi connectivity index (χ1v) is 9.25. The van der Waals surface area contributed by atoms with Gasteiger partial charge < -0.3 is 4.74 Å². The lowest BCUT2D eigenvalue weighted by Crippen LogP contribution is -1.92. The van der Waals surface area contributed by atoms with Gasteiger partial charge in [-0.05, 0) is 54.4 Å². The third-order valence-corrected chi connectivity index (χ3v) is 4.80. The number of hydrogen-bond donors (Lipinski definition) is 0. The summed E-state index contributed by atoms with van der Waals surface area (Å²) >= 11 is 0. The number of rotatable bonds is 4. The van der Waals surface area contributed by atoms with E-state index in [0.717, 1.165) is 44.8 Å². The van der Waals surface area contributed by atoms with Crippen LogP contribution in [0.3, 0.4) is 0 Å². The van der Waals surface area contributed by atoms with Crippen LogP contribution >= 0.6 is 0 Å². The van der Waals surface area contributed by atoms with Gasteiger partial charge in [-0.2, -0.15) is 0 Å². The van der Waals surface area contributed by atoms with Crippen LogP contribution in [0, 0.1) is 0 Å². The van der Waals surface area contributed by atoms with Crippen molar-refractivity contribution >= 4 is 16.6 Å². The molecule has 0 aliphatic rings. The molecule has 5 aromatic rings. The van der Waals surface area contributed by atoms with Crippen molar-refractivity contribution in [2.24, 2.45) is 0 Å². The van der Waals surface area contributed by atoms with E-state index in [-0.39, 0.29) is 0 Å². The molecule has 0 saturated heterocycles. The van der Waals surface area contributed by atoms with Crippen LogP contribution in [0.4, 0.5) is 0 Å². The van der Waals surface area contributed by atoms with E-state index in [1.807, 2.05) is 60.1 Å². The minimum absolute atomic E-state index is 0.664. The van der Waals surface area contributed by atoms with Gasteiger partial charge >= 0.3 is 0 Å². The Balaban J connectivity index is 1.58. The number of aromatic nitrogens is 4. The van der Waals surface area contributed by atoms with E-state index >= 15 is 0 Å². The molecular formula is C23H18N4O. The van der Waals surface area contributed by atoms with Crippen molar-refractivity contribution in [3.05, 3.63) is 79.1 Å². The van der Waals surface area contributed by atoms with Crippen LogP contribution in [0.5, 0.6) is 5.75 Å². The molecule has 0 unspecified atom stereocenters. The summed E-state index contributed by atoms with van der Waals surface area (Å²) in [5.74, 6) is 1.69. The Bertz CT molecular complexity index is 1270. The van der Waals surface area contributed by atoms with Gasteiger partial charge in [-0.25, -0.2) is 0 Å². The van der Waals surface area contributed by atoms with Gasteiger partial charge in [0.15, 0.2) is 11.5 Å².